The third kappa shape index (κ3) is 5.18. The topological polar surface area (TPSA) is 38.3 Å². The van der Waals surface area contributed by atoms with E-state index in [9.17, 15) is 4.79 Å². The fraction of sp³-hybridized carbons (Fsp3) is 0.316. The van der Waals surface area contributed by atoms with Gasteiger partial charge in [0.05, 0.1) is 11.9 Å². The van der Waals surface area contributed by atoms with Crippen LogP contribution in [0.3, 0.4) is 0 Å². The molecule has 0 bridgehead atoms. The maximum Gasteiger partial charge on any atom is 0.237 e. The number of aryl methyl sites for hydroxylation is 1. The summed E-state index contributed by atoms with van der Waals surface area (Å²) in [5.41, 5.74) is 2.76. The number of amides is 1. The fourth-order valence-electron chi connectivity index (χ4n) is 2.15. The van der Waals surface area contributed by atoms with Gasteiger partial charge in [0.1, 0.15) is 5.75 Å². The Bertz CT molecular complexity index is 706. The Labute approximate surface area is 152 Å². The Hall–Kier alpha value is -1.65. The first kappa shape index (κ1) is 18.7. The molecular weight excluding hydrogens is 342 g/mol. The van der Waals surface area contributed by atoms with Gasteiger partial charge in [-0.25, -0.2) is 0 Å². The van der Waals surface area contributed by atoms with Gasteiger partial charge in [0.15, 0.2) is 0 Å². The van der Waals surface area contributed by atoms with Crippen LogP contribution in [0.2, 0.25) is 5.02 Å². The maximum absolute atomic E-state index is 12.3. The largest absolute Gasteiger partial charge is 0.492 e. The van der Waals surface area contributed by atoms with Crippen LogP contribution in [0.25, 0.3) is 0 Å². The second kappa shape index (κ2) is 9.00. The van der Waals surface area contributed by atoms with Crippen LogP contribution in [0.5, 0.6) is 5.75 Å². The summed E-state index contributed by atoms with van der Waals surface area (Å²) in [6.45, 7) is 6.38. The second-order valence-corrected chi connectivity index (χ2v) is 7.38. The molecule has 0 aromatic heterocycles. The van der Waals surface area contributed by atoms with Gasteiger partial charge in [-0.1, -0.05) is 35.9 Å². The van der Waals surface area contributed by atoms with E-state index in [2.05, 4.69) is 5.32 Å². The van der Waals surface area contributed by atoms with E-state index >= 15 is 0 Å². The Morgan fingerprint density at radius 1 is 1.21 bits per heavy atom. The second-order valence-electron chi connectivity index (χ2n) is 5.53. The van der Waals surface area contributed by atoms with Crippen molar-refractivity contribution in [2.45, 2.75) is 26.0 Å². The molecular formula is C19H22ClNO2S. The zero-order chi connectivity index (χ0) is 17.5. The van der Waals surface area contributed by atoms with Crippen LogP contribution >= 0.6 is 23.4 Å². The molecule has 0 aliphatic carbocycles. The van der Waals surface area contributed by atoms with Crippen molar-refractivity contribution < 1.29 is 9.53 Å². The van der Waals surface area contributed by atoms with Gasteiger partial charge in [0, 0.05) is 16.5 Å². The van der Waals surface area contributed by atoms with E-state index in [1.165, 1.54) is 0 Å². The van der Waals surface area contributed by atoms with E-state index in [0.717, 1.165) is 28.3 Å². The maximum atomic E-state index is 12.3. The van der Waals surface area contributed by atoms with E-state index in [-0.39, 0.29) is 11.2 Å². The number of benzene rings is 2. The third-order valence-corrected chi connectivity index (χ3v) is 5.22. The fourth-order valence-corrected chi connectivity index (χ4v) is 3.07. The van der Waals surface area contributed by atoms with Gasteiger partial charge in [0.25, 0.3) is 0 Å². The molecule has 1 amide bonds. The summed E-state index contributed by atoms with van der Waals surface area (Å²) in [5, 5.41) is 3.42. The number of halogens is 1. The van der Waals surface area contributed by atoms with Gasteiger partial charge in [-0.15, -0.1) is 11.8 Å². The Balaban J connectivity index is 1.78. The molecule has 2 aromatic carbocycles. The Morgan fingerprint density at radius 3 is 2.71 bits per heavy atom. The molecule has 1 N–H and O–H groups in total. The summed E-state index contributed by atoms with van der Waals surface area (Å²) in [7, 11) is 0. The number of ether oxygens (including phenoxy) is 1. The van der Waals surface area contributed by atoms with E-state index in [4.69, 9.17) is 16.3 Å². The minimum Gasteiger partial charge on any atom is -0.492 e. The monoisotopic (exact) mass is 363 g/mol. The van der Waals surface area contributed by atoms with Crippen molar-refractivity contribution in [2.75, 3.05) is 17.7 Å². The van der Waals surface area contributed by atoms with Gasteiger partial charge < -0.3 is 10.1 Å². The summed E-state index contributed by atoms with van der Waals surface area (Å²) in [5.74, 6) is 1.61. The Kier molecular flexibility index (Phi) is 7.00. The van der Waals surface area contributed by atoms with Crippen molar-refractivity contribution >= 4 is 35.0 Å². The average Bonchev–Trinajstić information content (AvgIpc) is 2.57. The van der Waals surface area contributed by atoms with Crippen molar-refractivity contribution in [3.05, 3.63) is 58.6 Å². The van der Waals surface area contributed by atoms with E-state index < -0.39 is 0 Å². The molecule has 3 nitrogen and oxygen atoms in total. The highest BCUT2D eigenvalue weighted by Gasteiger charge is 2.15. The number of carbonyl (C=O) groups is 1. The normalized spacial score (nSPS) is 11.8. The van der Waals surface area contributed by atoms with Crippen molar-refractivity contribution in [2.24, 2.45) is 0 Å². The zero-order valence-corrected chi connectivity index (χ0v) is 15.7. The number of hydrogen-bond acceptors (Lipinski definition) is 3. The SMILES string of the molecule is Cc1ccccc1OCCSC(C)C(=O)Nc1cccc(Cl)c1C. The summed E-state index contributed by atoms with van der Waals surface area (Å²) >= 11 is 7.65. The van der Waals surface area contributed by atoms with E-state index in [0.29, 0.717) is 11.6 Å². The highest BCUT2D eigenvalue weighted by molar-refractivity contribution is 8.00. The van der Waals surface area contributed by atoms with Crippen LogP contribution in [0.1, 0.15) is 18.1 Å². The smallest absolute Gasteiger partial charge is 0.237 e. The third-order valence-electron chi connectivity index (χ3n) is 3.70. The van der Waals surface area contributed by atoms with Crippen molar-refractivity contribution in [3.63, 3.8) is 0 Å². The quantitative estimate of drug-likeness (QED) is 0.696. The van der Waals surface area contributed by atoms with Crippen LogP contribution in [-0.4, -0.2) is 23.5 Å². The van der Waals surface area contributed by atoms with Crippen LogP contribution in [0.15, 0.2) is 42.5 Å². The molecule has 0 saturated carbocycles. The molecule has 0 spiro atoms. The average molecular weight is 364 g/mol. The minimum absolute atomic E-state index is 0.0266. The number of rotatable bonds is 7. The predicted octanol–water partition coefficient (Wildman–Crippen LogP) is 5.10. The Morgan fingerprint density at radius 2 is 1.96 bits per heavy atom. The summed E-state index contributed by atoms with van der Waals surface area (Å²) in [6.07, 6.45) is 0. The first-order valence-corrected chi connectivity index (χ1v) is 9.27. The van der Waals surface area contributed by atoms with Gasteiger partial charge >= 0.3 is 0 Å². The van der Waals surface area contributed by atoms with Crippen LogP contribution in [-0.2, 0) is 4.79 Å². The van der Waals surface area contributed by atoms with Crippen LogP contribution in [0.4, 0.5) is 5.69 Å². The number of anilines is 1. The highest BCUT2D eigenvalue weighted by Crippen LogP contribution is 2.24. The molecule has 128 valence electrons. The van der Waals surface area contributed by atoms with Crippen LogP contribution < -0.4 is 10.1 Å². The van der Waals surface area contributed by atoms with Crippen molar-refractivity contribution in [1.29, 1.82) is 0 Å². The summed E-state index contributed by atoms with van der Waals surface area (Å²) < 4.78 is 5.75. The molecule has 0 aliphatic rings. The lowest BCUT2D eigenvalue weighted by atomic mass is 10.2. The molecule has 0 radical (unpaired) electrons. The molecule has 24 heavy (non-hydrogen) atoms. The molecule has 0 fully saturated rings. The first-order valence-electron chi connectivity index (χ1n) is 7.85. The molecule has 2 aromatic rings. The summed E-state index contributed by atoms with van der Waals surface area (Å²) in [4.78, 5) is 12.3. The van der Waals surface area contributed by atoms with Gasteiger partial charge in [-0.2, -0.15) is 0 Å². The number of para-hydroxylation sites is 1. The lowest BCUT2D eigenvalue weighted by Gasteiger charge is -2.14. The van der Waals surface area contributed by atoms with E-state index in [1.807, 2.05) is 63.2 Å². The zero-order valence-electron chi connectivity index (χ0n) is 14.1. The highest BCUT2D eigenvalue weighted by atomic mass is 35.5. The minimum atomic E-state index is -0.163. The lowest BCUT2D eigenvalue weighted by Crippen LogP contribution is -2.23. The number of thioether (sulfide) groups is 1. The molecule has 5 heteroatoms. The van der Waals surface area contributed by atoms with Gasteiger partial charge in [-0.05, 0) is 50.1 Å². The molecule has 0 aliphatic heterocycles. The van der Waals surface area contributed by atoms with Gasteiger partial charge in [0.2, 0.25) is 5.91 Å². The van der Waals surface area contributed by atoms with Crippen LogP contribution in [0, 0.1) is 13.8 Å². The molecule has 1 atom stereocenters. The molecule has 0 saturated heterocycles. The first-order chi connectivity index (χ1) is 11.5. The predicted molar refractivity (Wildman–Crippen MR) is 103 cm³/mol. The number of carbonyl (C=O) groups excluding carboxylic acids is 1. The summed E-state index contributed by atoms with van der Waals surface area (Å²) in [6, 6.07) is 13.4. The van der Waals surface area contributed by atoms with Crippen molar-refractivity contribution in [3.8, 4) is 5.75 Å². The molecule has 1 unspecified atom stereocenters. The van der Waals surface area contributed by atoms with Gasteiger partial charge in [-0.3, -0.25) is 4.79 Å². The lowest BCUT2D eigenvalue weighted by molar-refractivity contribution is -0.115. The standard InChI is InChI=1S/C19H22ClNO2S/c1-13-7-4-5-10-18(13)23-11-12-24-15(3)19(22)21-17-9-6-8-16(20)14(17)2/h4-10,15H,11-12H2,1-3H3,(H,21,22). The molecule has 2 rings (SSSR count). The van der Waals surface area contributed by atoms with E-state index in [1.54, 1.807) is 11.8 Å². The number of hydrogen-bond donors (Lipinski definition) is 1. The van der Waals surface area contributed by atoms with Crippen molar-refractivity contribution in [1.82, 2.24) is 0 Å². The molecule has 0 heterocycles. The number of nitrogens with one attached hydrogen (secondary N) is 1.